The van der Waals surface area contributed by atoms with E-state index in [0.29, 0.717) is 25.0 Å². The Bertz CT molecular complexity index is 701. The van der Waals surface area contributed by atoms with Crippen LogP contribution in [-0.2, 0) is 6.54 Å². The van der Waals surface area contributed by atoms with Crippen molar-refractivity contribution in [2.24, 2.45) is 10.7 Å². The molecule has 5 nitrogen and oxygen atoms in total. The van der Waals surface area contributed by atoms with E-state index in [1.807, 2.05) is 18.2 Å². The van der Waals surface area contributed by atoms with Crippen molar-refractivity contribution in [2.45, 2.75) is 38.8 Å². The molecule has 2 heterocycles. The second-order valence-corrected chi connectivity index (χ2v) is 6.84. The summed E-state index contributed by atoms with van der Waals surface area (Å²) in [5.41, 5.74) is 8.30. The second kappa shape index (κ2) is 8.66. The van der Waals surface area contributed by atoms with Crippen LogP contribution in [0.1, 0.15) is 48.5 Å². The van der Waals surface area contributed by atoms with Gasteiger partial charge in [-0.2, -0.15) is 0 Å². The summed E-state index contributed by atoms with van der Waals surface area (Å²) in [6.07, 6.45) is 0.877. The normalized spacial score (nSPS) is 17.0. The highest BCUT2D eigenvalue weighted by Crippen LogP contribution is 2.31. The number of nitrogens with zero attached hydrogens (tertiary/aromatic N) is 2. The number of nitrogens with one attached hydrogen (secondary N) is 1. The summed E-state index contributed by atoms with van der Waals surface area (Å²) in [7, 11) is 0. The molecule has 1 aromatic heterocycles. The smallest absolute Gasteiger partial charge is 0.189 e. The molecule has 0 fully saturated rings. The van der Waals surface area contributed by atoms with E-state index in [-0.39, 0.29) is 30.0 Å². The molecule has 0 saturated carbocycles. The summed E-state index contributed by atoms with van der Waals surface area (Å²) in [5, 5.41) is 6.38. The second-order valence-electron chi connectivity index (χ2n) is 5.89. The minimum atomic E-state index is 0. The summed E-state index contributed by atoms with van der Waals surface area (Å²) < 4.78 is 5.66. The van der Waals surface area contributed by atoms with Crippen LogP contribution in [0.5, 0.6) is 5.75 Å². The van der Waals surface area contributed by atoms with E-state index in [9.17, 15) is 0 Å². The molecule has 0 amide bonds. The molecular weight excluding hydrogens is 435 g/mol. The lowest BCUT2D eigenvalue weighted by Gasteiger charge is -2.26. The van der Waals surface area contributed by atoms with Crippen molar-refractivity contribution in [1.82, 2.24) is 10.3 Å². The van der Waals surface area contributed by atoms with Gasteiger partial charge in [0, 0.05) is 17.4 Å². The number of aliphatic imine (C=N–C) groups is 1. The summed E-state index contributed by atoms with van der Waals surface area (Å²) in [4.78, 5) is 9.00. The zero-order chi connectivity index (χ0) is 16.2. The van der Waals surface area contributed by atoms with E-state index >= 15 is 0 Å². The van der Waals surface area contributed by atoms with Gasteiger partial charge in [-0.1, -0.05) is 32.0 Å². The SMILES string of the molecule is CC(C)c1csc(CN=C(N)NC2CCOc3ccccc32)n1.I. The van der Waals surface area contributed by atoms with Crippen LogP contribution in [-0.4, -0.2) is 17.6 Å². The number of halogens is 1. The molecule has 1 aromatic carbocycles. The van der Waals surface area contributed by atoms with Gasteiger partial charge in [-0.3, -0.25) is 0 Å². The minimum Gasteiger partial charge on any atom is -0.493 e. The van der Waals surface area contributed by atoms with Crippen LogP contribution >= 0.6 is 35.3 Å². The molecule has 0 saturated heterocycles. The molecule has 3 N–H and O–H groups in total. The molecule has 24 heavy (non-hydrogen) atoms. The predicted molar refractivity (Wildman–Crippen MR) is 109 cm³/mol. The van der Waals surface area contributed by atoms with Crippen molar-refractivity contribution in [1.29, 1.82) is 0 Å². The maximum absolute atomic E-state index is 6.05. The first-order valence-corrected chi connectivity index (χ1v) is 8.74. The number of benzene rings is 1. The summed E-state index contributed by atoms with van der Waals surface area (Å²) in [6.45, 7) is 5.48. The van der Waals surface area contributed by atoms with Gasteiger partial charge in [0.15, 0.2) is 5.96 Å². The fourth-order valence-corrected chi connectivity index (χ4v) is 3.41. The van der Waals surface area contributed by atoms with E-state index in [0.717, 1.165) is 28.4 Å². The third-order valence-corrected chi connectivity index (χ3v) is 4.68. The van der Waals surface area contributed by atoms with Crippen LogP contribution in [0.25, 0.3) is 0 Å². The van der Waals surface area contributed by atoms with Crippen LogP contribution in [0.2, 0.25) is 0 Å². The molecular formula is C17H23IN4OS. The van der Waals surface area contributed by atoms with Crippen LogP contribution in [0.4, 0.5) is 0 Å². The number of nitrogens with two attached hydrogens (primary N) is 1. The molecule has 0 aliphatic carbocycles. The van der Waals surface area contributed by atoms with E-state index in [4.69, 9.17) is 10.5 Å². The molecule has 7 heteroatoms. The number of guanidine groups is 1. The molecule has 3 rings (SSSR count). The van der Waals surface area contributed by atoms with Crippen molar-refractivity contribution in [2.75, 3.05) is 6.61 Å². The number of rotatable bonds is 4. The first-order valence-electron chi connectivity index (χ1n) is 7.86. The fraction of sp³-hybridized carbons (Fsp3) is 0.412. The average Bonchev–Trinajstić information content (AvgIpc) is 3.03. The number of hydrogen-bond donors (Lipinski definition) is 2. The quantitative estimate of drug-likeness (QED) is 0.415. The van der Waals surface area contributed by atoms with Gasteiger partial charge in [-0.25, -0.2) is 9.98 Å². The Balaban J connectivity index is 0.00000208. The van der Waals surface area contributed by atoms with Gasteiger partial charge in [0.05, 0.1) is 24.9 Å². The van der Waals surface area contributed by atoms with Gasteiger partial charge in [0.2, 0.25) is 0 Å². The average molecular weight is 458 g/mol. The molecule has 0 radical (unpaired) electrons. The van der Waals surface area contributed by atoms with Crippen molar-refractivity contribution >= 4 is 41.3 Å². The van der Waals surface area contributed by atoms with E-state index in [1.165, 1.54) is 0 Å². The van der Waals surface area contributed by atoms with E-state index in [2.05, 4.69) is 40.6 Å². The zero-order valence-electron chi connectivity index (χ0n) is 13.9. The number of para-hydroxylation sites is 1. The van der Waals surface area contributed by atoms with Crippen LogP contribution < -0.4 is 15.8 Å². The Kier molecular flexibility index (Phi) is 6.85. The summed E-state index contributed by atoms with van der Waals surface area (Å²) in [6, 6.07) is 8.19. The predicted octanol–water partition coefficient (Wildman–Crippen LogP) is 3.81. The van der Waals surface area contributed by atoms with Crippen LogP contribution in [0.3, 0.4) is 0 Å². The van der Waals surface area contributed by atoms with E-state index in [1.54, 1.807) is 11.3 Å². The third-order valence-electron chi connectivity index (χ3n) is 3.83. The number of hydrogen-bond acceptors (Lipinski definition) is 4. The highest BCUT2D eigenvalue weighted by atomic mass is 127. The van der Waals surface area contributed by atoms with Crippen molar-refractivity contribution in [3.63, 3.8) is 0 Å². The maximum Gasteiger partial charge on any atom is 0.189 e. The summed E-state index contributed by atoms with van der Waals surface area (Å²) >= 11 is 1.63. The highest BCUT2D eigenvalue weighted by molar-refractivity contribution is 14.0. The van der Waals surface area contributed by atoms with Gasteiger partial charge in [-0.15, -0.1) is 35.3 Å². The summed E-state index contributed by atoms with van der Waals surface area (Å²) in [5.74, 6) is 1.82. The number of fused-ring (bicyclic) bond motifs is 1. The largest absolute Gasteiger partial charge is 0.493 e. The molecule has 1 atom stereocenters. The maximum atomic E-state index is 6.05. The Morgan fingerprint density at radius 3 is 3.00 bits per heavy atom. The van der Waals surface area contributed by atoms with Gasteiger partial charge in [-0.05, 0) is 12.0 Å². The first kappa shape index (κ1) is 19.0. The first-order chi connectivity index (χ1) is 11.1. The number of aromatic nitrogens is 1. The Hall–Kier alpha value is -1.35. The van der Waals surface area contributed by atoms with E-state index < -0.39 is 0 Å². The Morgan fingerprint density at radius 2 is 2.25 bits per heavy atom. The zero-order valence-corrected chi connectivity index (χ0v) is 17.0. The van der Waals surface area contributed by atoms with Gasteiger partial charge >= 0.3 is 0 Å². The standard InChI is InChI=1S/C17H22N4OS.HI/c1-11(2)14-10-23-16(20-14)9-19-17(18)21-13-7-8-22-15-6-4-3-5-12(13)15;/h3-6,10-11,13H,7-9H2,1-2H3,(H3,18,19,21);1H. The van der Waals surface area contributed by atoms with Crippen molar-refractivity contribution in [3.05, 3.63) is 45.9 Å². The molecule has 1 aliphatic heterocycles. The van der Waals surface area contributed by atoms with Gasteiger partial charge < -0.3 is 15.8 Å². The monoisotopic (exact) mass is 458 g/mol. The number of thiazole rings is 1. The lowest BCUT2D eigenvalue weighted by molar-refractivity contribution is 0.262. The molecule has 1 aliphatic rings. The molecule has 130 valence electrons. The van der Waals surface area contributed by atoms with Crippen molar-refractivity contribution < 1.29 is 4.74 Å². The van der Waals surface area contributed by atoms with Crippen LogP contribution in [0, 0.1) is 0 Å². The fourth-order valence-electron chi connectivity index (χ4n) is 2.53. The lowest BCUT2D eigenvalue weighted by atomic mass is 10.0. The Labute approximate surface area is 163 Å². The Morgan fingerprint density at radius 1 is 1.46 bits per heavy atom. The third kappa shape index (κ3) is 4.60. The van der Waals surface area contributed by atoms with Gasteiger partial charge in [0.1, 0.15) is 10.8 Å². The lowest BCUT2D eigenvalue weighted by Crippen LogP contribution is -2.37. The molecule has 2 aromatic rings. The molecule has 1 unspecified atom stereocenters. The van der Waals surface area contributed by atoms with Gasteiger partial charge in [0.25, 0.3) is 0 Å². The van der Waals surface area contributed by atoms with Crippen LogP contribution in [0.15, 0.2) is 34.6 Å². The van der Waals surface area contributed by atoms with Crippen molar-refractivity contribution in [3.8, 4) is 5.75 Å². The number of ether oxygens (including phenoxy) is 1. The highest BCUT2D eigenvalue weighted by Gasteiger charge is 2.21. The molecule has 0 spiro atoms. The minimum absolute atomic E-state index is 0. The topological polar surface area (TPSA) is 72.5 Å². The molecule has 0 bridgehead atoms.